The zero-order valence-electron chi connectivity index (χ0n) is 5.60. The number of hydrogen-bond acceptors (Lipinski definition) is 2. The third-order valence-corrected chi connectivity index (χ3v) is 0.760. The lowest BCUT2D eigenvalue weighted by Crippen LogP contribution is -2.21. The van der Waals surface area contributed by atoms with E-state index in [9.17, 15) is 22.8 Å². The molecule has 0 aliphatic rings. The van der Waals surface area contributed by atoms with Crippen LogP contribution in [0.2, 0.25) is 0 Å². The van der Waals surface area contributed by atoms with Gasteiger partial charge in [0.05, 0.1) is 6.42 Å². The topological polar surface area (TPSA) is 54.4 Å². The Labute approximate surface area is 65.2 Å². The average molecular weight is 180 g/mol. The highest BCUT2D eigenvalue weighted by atomic mass is 19.4. The van der Waals surface area contributed by atoms with Crippen LogP contribution < -0.4 is 0 Å². The van der Waals surface area contributed by atoms with Crippen LogP contribution in [0.25, 0.3) is 0 Å². The number of rotatable bonds is 1. The van der Waals surface area contributed by atoms with Crippen LogP contribution in [-0.4, -0.2) is 23.0 Å². The van der Waals surface area contributed by atoms with Gasteiger partial charge in [0, 0.05) is 5.92 Å². The Kier molecular flexibility index (Phi) is 3.29. The number of aliphatic carboxylic acids is 1. The molecule has 0 aromatic carbocycles. The van der Waals surface area contributed by atoms with E-state index >= 15 is 0 Å². The van der Waals surface area contributed by atoms with Crippen LogP contribution in [0.4, 0.5) is 13.2 Å². The van der Waals surface area contributed by atoms with E-state index in [2.05, 4.69) is 0 Å². The molecule has 0 amide bonds. The quantitative estimate of drug-likeness (QED) is 0.601. The van der Waals surface area contributed by atoms with Gasteiger partial charge in [-0.05, 0) is 0 Å². The predicted octanol–water partition coefficient (Wildman–Crippen LogP) is 0.596. The van der Waals surface area contributed by atoms with Crippen molar-refractivity contribution in [2.24, 2.45) is 0 Å². The largest absolute Gasteiger partial charge is 0.472 e. The van der Waals surface area contributed by atoms with E-state index in [0.29, 0.717) is 0 Å². The van der Waals surface area contributed by atoms with Crippen molar-refractivity contribution >= 4 is 11.8 Å². The molecule has 0 bridgehead atoms. The third kappa shape index (κ3) is 4.33. The molecule has 0 aromatic heterocycles. The Morgan fingerprint density at radius 3 is 2.17 bits per heavy atom. The number of carboxylic acids is 1. The molecule has 6 heteroatoms. The number of carbonyl (C=O) groups is 2. The first kappa shape index (κ1) is 10.5. The summed E-state index contributed by atoms with van der Waals surface area (Å²) in [6, 6.07) is 0. The molecule has 0 aromatic rings. The van der Waals surface area contributed by atoms with Crippen LogP contribution in [0.1, 0.15) is 6.42 Å². The summed E-state index contributed by atoms with van der Waals surface area (Å²) in [7, 11) is 0. The van der Waals surface area contributed by atoms with Gasteiger partial charge < -0.3 is 5.11 Å². The molecule has 0 fully saturated rings. The first-order chi connectivity index (χ1) is 5.34. The molecule has 0 unspecified atom stereocenters. The van der Waals surface area contributed by atoms with E-state index in [1.807, 2.05) is 0 Å². The van der Waals surface area contributed by atoms with Crippen molar-refractivity contribution in [1.29, 1.82) is 0 Å². The van der Waals surface area contributed by atoms with Crippen LogP contribution >= 0.6 is 0 Å². The SMILES string of the molecule is O=C(O)C#CCC(=O)C(F)(F)F. The zero-order chi connectivity index (χ0) is 9.78. The average Bonchev–Trinajstić information content (AvgIpc) is 1.84. The molecule has 1 N–H and O–H groups in total. The summed E-state index contributed by atoms with van der Waals surface area (Å²) in [5.74, 6) is -0.644. The second-order valence-electron chi connectivity index (χ2n) is 1.70. The van der Waals surface area contributed by atoms with E-state index in [-0.39, 0.29) is 0 Å². The maximum absolute atomic E-state index is 11.4. The molecular formula is C6H3F3O3. The van der Waals surface area contributed by atoms with Crippen LogP contribution in [0.5, 0.6) is 0 Å². The molecule has 0 heterocycles. The molecular weight excluding hydrogens is 177 g/mol. The monoisotopic (exact) mass is 180 g/mol. The lowest BCUT2D eigenvalue weighted by molar-refractivity contribution is -0.169. The summed E-state index contributed by atoms with van der Waals surface area (Å²) in [5.41, 5.74) is 0. The van der Waals surface area contributed by atoms with Gasteiger partial charge in [0.2, 0.25) is 5.78 Å². The van der Waals surface area contributed by atoms with Crippen LogP contribution in [0.15, 0.2) is 0 Å². The third-order valence-electron chi connectivity index (χ3n) is 0.760. The smallest absolute Gasteiger partial charge is 0.451 e. The fourth-order valence-electron chi connectivity index (χ4n) is 0.300. The lowest BCUT2D eigenvalue weighted by atomic mass is 10.3. The normalized spacial score (nSPS) is 9.92. The number of alkyl halides is 3. The second-order valence-corrected chi connectivity index (χ2v) is 1.70. The van der Waals surface area contributed by atoms with Crippen molar-refractivity contribution in [3.63, 3.8) is 0 Å². The van der Waals surface area contributed by atoms with Gasteiger partial charge in [-0.15, -0.1) is 0 Å². The Balaban J connectivity index is 4.08. The van der Waals surface area contributed by atoms with E-state index in [0.717, 1.165) is 0 Å². The van der Waals surface area contributed by atoms with Gasteiger partial charge in [-0.3, -0.25) is 4.79 Å². The molecule has 0 rings (SSSR count). The molecule has 0 radical (unpaired) electrons. The highest BCUT2D eigenvalue weighted by molar-refractivity contribution is 5.90. The first-order valence-corrected chi connectivity index (χ1v) is 2.66. The second kappa shape index (κ2) is 3.76. The van der Waals surface area contributed by atoms with Gasteiger partial charge in [-0.2, -0.15) is 13.2 Å². The molecule has 66 valence electrons. The molecule has 0 saturated heterocycles. The molecule has 0 atom stereocenters. The predicted molar refractivity (Wildman–Crippen MR) is 31.1 cm³/mol. The molecule has 3 nitrogen and oxygen atoms in total. The molecule has 12 heavy (non-hydrogen) atoms. The van der Waals surface area contributed by atoms with Gasteiger partial charge in [-0.25, -0.2) is 4.79 Å². The maximum atomic E-state index is 11.4. The van der Waals surface area contributed by atoms with Gasteiger partial charge >= 0.3 is 12.1 Å². The summed E-state index contributed by atoms with van der Waals surface area (Å²) in [6.07, 6.45) is -6.05. The molecule has 0 aliphatic carbocycles. The van der Waals surface area contributed by atoms with Crippen molar-refractivity contribution in [2.45, 2.75) is 12.6 Å². The fourth-order valence-corrected chi connectivity index (χ4v) is 0.300. The number of halogens is 3. The summed E-state index contributed by atoms with van der Waals surface area (Å²) in [5, 5.41) is 7.86. The zero-order valence-corrected chi connectivity index (χ0v) is 5.60. The molecule has 0 aliphatic heterocycles. The highest BCUT2D eigenvalue weighted by Gasteiger charge is 2.37. The summed E-state index contributed by atoms with van der Waals surface area (Å²) in [6.45, 7) is 0. The minimum Gasteiger partial charge on any atom is -0.472 e. The minimum absolute atomic E-state index is 1.12. The van der Waals surface area contributed by atoms with E-state index in [1.54, 1.807) is 5.92 Å². The summed E-state index contributed by atoms with van der Waals surface area (Å²) >= 11 is 0. The lowest BCUT2D eigenvalue weighted by Gasteiger charge is -1.99. The molecule has 0 spiro atoms. The van der Waals surface area contributed by atoms with Crippen LogP contribution in [0, 0.1) is 11.8 Å². The van der Waals surface area contributed by atoms with Gasteiger partial charge in [-0.1, -0.05) is 5.92 Å². The highest BCUT2D eigenvalue weighted by Crippen LogP contribution is 2.16. The number of carbonyl (C=O) groups excluding carboxylic acids is 1. The number of ketones is 1. The van der Waals surface area contributed by atoms with Crippen molar-refractivity contribution in [3.05, 3.63) is 0 Å². The van der Waals surface area contributed by atoms with E-state index in [1.165, 1.54) is 5.92 Å². The Morgan fingerprint density at radius 1 is 1.33 bits per heavy atom. The maximum Gasteiger partial charge on any atom is 0.451 e. The van der Waals surface area contributed by atoms with Crippen molar-refractivity contribution in [1.82, 2.24) is 0 Å². The Morgan fingerprint density at radius 2 is 1.83 bits per heavy atom. The summed E-state index contributed by atoms with van der Waals surface area (Å²) < 4.78 is 34.2. The van der Waals surface area contributed by atoms with E-state index in [4.69, 9.17) is 5.11 Å². The summed E-state index contributed by atoms with van der Waals surface area (Å²) in [4.78, 5) is 19.7. The van der Waals surface area contributed by atoms with Gasteiger partial charge in [0.25, 0.3) is 0 Å². The fraction of sp³-hybridized carbons (Fsp3) is 0.333. The van der Waals surface area contributed by atoms with E-state index < -0.39 is 24.3 Å². The first-order valence-electron chi connectivity index (χ1n) is 2.66. The number of Topliss-reactive ketones (excluding diaryl/α,β-unsaturated/α-hetero) is 1. The number of carboxylic acid groups (broad SMARTS) is 1. The van der Waals surface area contributed by atoms with Gasteiger partial charge in [0.1, 0.15) is 0 Å². The standard InChI is InChI=1S/C6H3F3O3/c7-6(8,9)4(10)2-1-3-5(11)12/h2H2,(H,11,12). The van der Waals surface area contributed by atoms with Crippen LogP contribution in [0.3, 0.4) is 0 Å². The molecule has 0 saturated carbocycles. The minimum atomic E-state index is -4.94. The Bertz CT molecular complexity index is 255. The van der Waals surface area contributed by atoms with Crippen LogP contribution in [-0.2, 0) is 9.59 Å². The van der Waals surface area contributed by atoms with Crippen molar-refractivity contribution < 1.29 is 27.9 Å². The van der Waals surface area contributed by atoms with Crippen molar-refractivity contribution in [2.75, 3.05) is 0 Å². The Hall–Kier alpha value is -1.51. The number of hydrogen-bond donors (Lipinski definition) is 1. The van der Waals surface area contributed by atoms with Gasteiger partial charge in [0.15, 0.2) is 0 Å². The van der Waals surface area contributed by atoms with Crippen molar-refractivity contribution in [3.8, 4) is 11.8 Å².